The SMILES string of the molecule is Cc1ccc(C[C@H](C#N)Sc2nc3ccccc3c(=O)n2C(C)C)cc1. The Balaban J connectivity index is 1.98. The average molecular weight is 363 g/mol. The third-order valence-electron chi connectivity index (χ3n) is 4.23. The van der Waals surface area contributed by atoms with Crippen molar-refractivity contribution in [3.8, 4) is 6.07 Å². The van der Waals surface area contributed by atoms with Gasteiger partial charge in [-0.3, -0.25) is 9.36 Å². The highest BCUT2D eigenvalue weighted by Crippen LogP contribution is 2.26. The number of para-hydroxylation sites is 1. The van der Waals surface area contributed by atoms with E-state index in [1.165, 1.54) is 17.3 Å². The summed E-state index contributed by atoms with van der Waals surface area (Å²) in [5, 5.41) is 10.5. The second-order valence-corrected chi connectivity index (χ2v) is 7.78. The number of thioether (sulfide) groups is 1. The number of aryl methyl sites for hydroxylation is 1. The van der Waals surface area contributed by atoms with E-state index in [-0.39, 0.29) is 16.9 Å². The first-order valence-electron chi connectivity index (χ1n) is 8.62. The Morgan fingerprint density at radius 1 is 1.15 bits per heavy atom. The number of nitrogens with zero attached hydrogens (tertiary/aromatic N) is 3. The van der Waals surface area contributed by atoms with Crippen LogP contribution in [0.25, 0.3) is 10.9 Å². The van der Waals surface area contributed by atoms with E-state index in [0.717, 1.165) is 5.56 Å². The van der Waals surface area contributed by atoms with Crippen LogP contribution in [0.3, 0.4) is 0 Å². The van der Waals surface area contributed by atoms with Crippen LogP contribution in [-0.2, 0) is 6.42 Å². The first-order valence-corrected chi connectivity index (χ1v) is 9.50. The van der Waals surface area contributed by atoms with Crippen LogP contribution in [0.4, 0.5) is 0 Å². The van der Waals surface area contributed by atoms with Crippen molar-refractivity contribution in [1.82, 2.24) is 9.55 Å². The average Bonchev–Trinajstić information content (AvgIpc) is 2.62. The second kappa shape index (κ2) is 7.76. The largest absolute Gasteiger partial charge is 0.284 e. The maximum absolute atomic E-state index is 12.9. The normalized spacial score (nSPS) is 12.3. The fraction of sp³-hybridized carbons (Fsp3) is 0.286. The molecule has 0 spiro atoms. The number of aromatic nitrogens is 2. The summed E-state index contributed by atoms with van der Waals surface area (Å²) in [7, 11) is 0. The molecule has 3 rings (SSSR count). The number of nitriles is 1. The minimum atomic E-state index is -0.309. The van der Waals surface area contributed by atoms with Crippen LogP contribution in [0.15, 0.2) is 58.5 Å². The first kappa shape index (κ1) is 18.2. The van der Waals surface area contributed by atoms with E-state index in [0.29, 0.717) is 22.5 Å². The highest BCUT2D eigenvalue weighted by atomic mass is 32.2. The molecule has 0 aliphatic heterocycles. The number of hydrogen-bond acceptors (Lipinski definition) is 4. The smallest absolute Gasteiger partial charge is 0.262 e. The van der Waals surface area contributed by atoms with Gasteiger partial charge in [-0.25, -0.2) is 4.98 Å². The zero-order valence-electron chi connectivity index (χ0n) is 15.1. The highest BCUT2D eigenvalue weighted by molar-refractivity contribution is 8.00. The van der Waals surface area contributed by atoms with Gasteiger partial charge in [-0.1, -0.05) is 53.7 Å². The molecule has 26 heavy (non-hydrogen) atoms. The van der Waals surface area contributed by atoms with E-state index in [1.54, 1.807) is 10.6 Å². The van der Waals surface area contributed by atoms with E-state index >= 15 is 0 Å². The van der Waals surface area contributed by atoms with Crippen LogP contribution in [0.1, 0.15) is 31.0 Å². The molecule has 5 heteroatoms. The first-order chi connectivity index (χ1) is 12.5. The predicted octanol–water partition coefficient (Wildman–Crippen LogP) is 4.51. The van der Waals surface area contributed by atoms with Crippen LogP contribution in [0.2, 0.25) is 0 Å². The van der Waals surface area contributed by atoms with Crippen molar-refractivity contribution in [2.24, 2.45) is 0 Å². The Morgan fingerprint density at radius 3 is 2.50 bits per heavy atom. The van der Waals surface area contributed by atoms with Crippen molar-refractivity contribution in [3.63, 3.8) is 0 Å². The molecule has 1 atom stereocenters. The van der Waals surface area contributed by atoms with Gasteiger partial charge in [0.2, 0.25) is 0 Å². The molecule has 0 saturated heterocycles. The summed E-state index contributed by atoms with van der Waals surface area (Å²) in [5.41, 5.74) is 2.91. The van der Waals surface area contributed by atoms with Crippen molar-refractivity contribution in [2.45, 2.75) is 43.6 Å². The summed E-state index contributed by atoms with van der Waals surface area (Å²) < 4.78 is 1.69. The van der Waals surface area contributed by atoms with Gasteiger partial charge >= 0.3 is 0 Å². The van der Waals surface area contributed by atoms with E-state index in [1.807, 2.05) is 63.2 Å². The number of rotatable bonds is 5. The lowest BCUT2D eigenvalue weighted by molar-refractivity contribution is 0.518. The summed E-state index contributed by atoms with van der Waals surface area (Å²) in [6.45, 7) is 5.97. The fourth-order valence-electron chi connectivity index (χ4n) is 2.84. The molecule has 1 aromatic heterocycles. The Bertz CT molecular complexity index is 1020. The maximum atomic E-state index is 12.9. The van der Waals surface area contributed by atoms with Crippen molar-refractivity contribution in [2.75, 3.05) is 0 Å². The molecule has 4 nitrogen and oxygen atoms in total. The molecule has 0 radical (unpaired) electrons. The summed E-state index contributed by atoms with van der Waals surface area (Å²) in [4.78, 5) is 17.6. The number of fused-ring (bicyclic) bond motifs is 1. The van der Waals surface area contributed by atoms with Crippen LogP contribution in [0.5, 0.6) is 0 Å². The van der Waals surface area contributed by atoms with Crippen molar-refractivity contribution in [3.05, 3.63) is 70.0 Å². The van der Waals surface area contributed by atoms with Gasteiger partial charge in [0.05, 0.1) is 17.0 Å². The molecular formula is C21H21N3OS. The zero-order chi connectivity index (χ0) is 18.7. The van der Waals surface area contributed by atoms with Gasteiger partial charge < -0.3 is 0 Å². The zero-order valence-corrected chi connectivity index (χ0v) is 16.0. The molecule has 0 bridgehead atoms. The lowest BCUT2D eigenvalue weighted by Crippen LogP contribution is -2.25. The second-order valence-electron chi connectivity index (χ2n) is 6.61. The molecular weight excluding hydrogens is 342 g/mol. The van der Waals surface area contributed by atoms with Crippen LogP contribution < -0.4 is 5.56 Å². The number of hydrogen-bond donors (Lipinski definition) is 0. The van der Waals surface area contributed by atoms with Crippen molar-refractivity contribution in [1.29, 1.82) is 5.26 Å². The lowest BCUT2D eigenvalue weighted by atomic mass is 10.1. The third-order valence-corrected chi connectivity index (χ3v) is 5.28. The molecule has 0 aliphatic rings. The molecule has 0 fully saturated rings. The summed E-state index contributed by atoms with van der Waals surface area (Å²) in [6.07, 6.45) is 0.613. The Kier molecular flexibility index (Phi) is 5.43. The summed E-state index contributed by atoms with van der Waals surface area (Å²) in [5.74, 6) is 0. The minimum Gasteiger partial charge on any atom is -0.284 e. The maximum Gasteiger partial charge on any atom is 0.262 e. The van der Waals surface area contributed by atoms with Gasteiger partial charge in [-0.15, -0.1) is 0 Å². The van der Waals surface area contributed by atoms with Gasteiger partial charge in [0.25, 0.3) is 5.56 Å². The predicted molar refractivity (Wildman–Crippen MR) is 107 cm³/mol. The van der Waals surface area contributed by atoms with Gasteiger partial charge in [0.1, 0.15) is 5.25 Å². The monoisotopic (exact) mass is 363 g/mol. The molecule has 0 N–H and O–H groups in total. The molecule has 0 aliphatic carbocycles. The summed E-state index contributed by atoms with van der Waals surface area (Å²) in [6, 6.07) is 17.9. The van der Waals surface area contributed by atoms with E-state index < -0.39 is 0 Å². The van der Waals surface area contributed by atoms with Crippen molar-refractivity contribution >= 4 is 22.7 Å². The molecule has 3 aromatic rings. The fourth-order valence-corrected chi connectivity index (χ4v) is 3.98. The molecule has 1 heterocycles. The summed E-state index contributed by atoms with van der Waals surface area (Å²) >= 11 is 1.36. The van der Waals surface area contributed by atoms with Gasteiger partial charge in [-0.2, -0.15) is 5.26 Å². The molecule has 132 valence electrons. The lowest BCUT2D eigenvalue weighted by Gasteiger charge is -2.18. The highest BCUT2D eigenvalue weighted by Gasteiger charge is 2.18. The van der Waals surface area contributed by atoms with E-state index in [2.05, 4.69) is 11.1 Å². The minimum absolute atomic E-state index is 0.0270. The standard InChI is InChI=1S/C21H21N3OS/c1-14(2)24-20(25)18-6-4-5-7-19(18)23-21(24)26-17(13-22)12-16-10-8-15(3)9-11-16/h4-11,14,17H,12H2,1-3H3/t17-/m1/s1. The van der Waals surface area contributed by atoms with Gasteiger partial charge in [0, 0.05) is 6.04 Å². The van der Waals surface area contributed by atoms with Gasteiger partial charge in [-0.05, 0) is 44.9 Å². The number of benzene rings is 2. The van der Waals surface area contributed by atoms with Crippen molar-refractivity contribution < 1.29 is 0 Å². The van der Waals surface area contributed by atoms with Crippen LogP contribution in [-0.4, -0.2) is 14.8 Å². The Hall–Kier alpha value is -2.58. The molecule has 0 amide bonds. The van der Waals surface area contributed by atoms with Gasteiger partial charge in [0.15, 0.2) is 5.16 Å². The van der Waals surface area contributed by atoms with Crippen LogP contribution >= 0.6 is 11.8 Å². The molecule has 0 unspecified atom stereocenters. The van der Waals surface area contributed by atoms with E-state index in [9.17, 15) is 10.1 Å². The molecule has 2 aromatic carbocycles. The topological polar surface area (TPSA) is 58.7 Å². The third kappa shape index (κ3) is 3.81. The Labute approximate surface area is 157 Å². The Morgan fingerprint density at radius 2 is 1.85 bits per heavy atom. The van der Waals surface area contributed by atoms with E-state index in [4.69, 9.17) is 0 Å². The quantitative estimate of drug-likeness (QED) is 0.494. The molecule has 0 saturated carbocycles. The van der Waals surface area contributed by atoms with Crippen LogP contribution in [0, 0.1) is 18.3 Å².